The van der Waals surface area contributed by atoms with Gasteiger partial charge in [0.25, 0.3) is 0 Å². The van der Waals surface area contributed by atoms with Crippen molar-refractivity contribution in [2.45, 2.75) is 5.92 Å². The minimum Gasteiger partial charge on any atom is -0.733 e. The molecule has 1 aromatic carbocycles. The summed E-state index contributed by atoms with van der Waals surface area (Å²) < 4.78 is 0.952. The summed E-state index contributed by atoms with van der Waals surface area (Å²) in [4.78, 5) is 8.47. The van der Waals surface area contributed by atoms with Crippen molar-refractivity contribution in [1.82, 2.24) is 9.97 Å². The Morgan fingerprint density at radius 1 is 1.29 bits per heavy atom. The molecule has 0 bridgehead atoms. The first-order valence-corrected chi connectivity index (χ1v) is 6.88. The molecular formula is C14H9N4O2S-. The molecule has 104 valence electrons. The fourth-order valence-electron chi connectivity index (χ4n) is 2.04. The first-order valence-electron chi connectivity index (χ1n) is 6.07. The van der Waals surface area contributed by atoms with E-state index in [0.717, 1.165) is 10.2 Å². The van der Waals surface area contributed by atoms with Crippen molar-refractivity contribution in [2.24, 2.45) is 0 Å². The van der Waals surface area contributed by atoms with Crippen LogP contribution in [0, 0.1) is 16.5 Å². The number of hydrogen-bond donors (Lipinski definition) is 1. The van der Waals surface area contributed by atoms with Crippen LogP contribution >= 0.6 is 11.3 Å². The van der Waals surface area contributed by atoms with Gasteiger partial charge in [0.2, 0.25) is 0 Å². The van der Waals surface area contributed by atoms with Gasteiger partial charge in [-0.1, -0.05) is 12.1 Å². The monoisotopic (exact) mass is 297 g/mol. The summed E-state index contributed by atoms with van der Waals surface area (Å²) in [7, 11) is 0. The normalized spacial score (nSPS) is 12.0. The lowest BCUT2D eigenvalue weighted by Crippen LogP contribution is -2.13. The molecule has 0 saturated carbocycles. The zero-order valence-corrected chi connectivity index (χ0v) is 11.5. The van der Waals surface area contributed by atoms with E-state index in [-0.39, 0.29) is 16.6 Å². The Morgan fingerprint density at radius 3 is 2.81 bits per heavy atom. The third-order valence-corrected chi connectivity index (χ3v) is 4.08. The smallest absolute Gasteiger partial charge is 0.142 e. The van der Waals surface area contributed by atoms with E-state index < -0.39 is 5.92 Å². The molecule has 6 nitrogen and oxygen atoms in total. The quantitative estimate of drug-likeness (QED) is 0.746. The highest BCUT2D eigenvalue weighted by Crippen LogP contribution is 2.34. The van der Waals surface area contributed by atoms with Crippen LogP contribution in [0.1, 0.15) is 16.6 Å². The Labute approximate surface area is 124 Å². The van der Waals surface area contributed by atoms with Gasteiger partial charge in [-0.3, -0.25) is 10.2 Å². The summed E-state index contributed by atoms with van der Waals surface area (Å²) in [6.07, 6.45) is 1.47. The van der Waals surface area contributed by atoms with Crippen molar-refractivity contribution in [3.05, 3.63) is 58.5 Å². The number of rotatable bonds is 3. The predicted molar refractivity (Wildman–Crippen MR) is 78.9 cm³/mol. The van der Waals surface area contributed by atoms with Gasteiger partial charge in [0.15, 0.2) is 0 Å². The molecule has 0 saturated heterocycles. The minimum absolute atomic E-state index is 0.0525. The van der Waals surface area contributed by atoms with Crippen molar-refractivity contribution >= 4 is 27.2 Å². The lowest BCUT2D eigenvalue weighted by molar-refractivity contribution is 0.295. The molecule has 0 amide bonds. The van der Waals surface area contributed by atoms with E-state index in [1.165, 1.54) is 29.7 Å². The molecule has 0 radical (unpaired) electrons. The topological polar surface area (TPSA) is 96.1 Å². The van der Waals surface area contributed by atoms with Gasteiger partial charge < -0.3 is 10.4 Å². The summed E-state index contributed by atoms with van der Waals surface area (Å²) in [6, 6.07) is 12.6. The summed E-state index contributed by atoms with van der Waals surface area (Å²) in [6.45, 7) is 0. The van der Waals surface area contributed by atoms with Crippen molar-refractivity contribution in [3.63, 3.8) is 0 Å². The highest BCUT2D eigenvalue weighted by Gasteiger charge is 2.22. The molecular weight excluding hydrogens is 288 g/mol. The number of pyridine rings is 1. The second-order valence-electron chi connectivity index (χ2n) is 4.26. The maximum Gasteiger partial charge on any atom is 0.142 e. The molecule has 1 atom stereocenters. The number of thiazole rings is 1. The number of nitrogens with zero attached hydrogens (tertiary/aromatic N) is 4. The lowest BCUT2D eigenvalue weighted by Gasteiger charge is -2.24. The fraction of sp³-hybridized carbons (Fsp3) is 0.0714. The number of aromatic nitrogens is 2. The average Bonchev–Trinajstić information content (AvgIpc) is 2.92. The Balaban J connectivity index is 2.13. The SMILES string of the molecule is N#C[C@H](c1nc2ccccc2s1)c1ncccc1N([O-])O. The molecule has 2 heterocycles. The number of para-hydroxylation sites is 1. The zero-order chi connectivity index (χ0) is 14.8. The van der Waals surface area contributed by atoms with Gasteiger partial charge in [-0.2, -0.15) is 5.26 Å². The van der Waals surface area contributed by atoms with E-state index in [1.54, 1.807) is 0 Å². The number of fused-ring (bicyclic) bond motifs is 1. The van der Waals surface area contributed by atoms with Crippen LogP contribution in [0.4, 0.5) is 5.69 Å². The van der Waals surface area contributed by atoms with Crippen molar-refractivity contribution in [1.29, 1.82) is 5.26 Å². The van der Waals surface area contributed by atoms with Gasteiger partial charge >= 0.3 is 0 Å². The first-order chi connectivity index (χ1) is 10.2. The highest BCUT2D eigenvalue weighted by molar-refractivity contribution is 7.18. The van der Waals surface area contributed by atoms with E-state index >= 15 is 0 Å². The zero-order valence-electron chi connectivity index (χ0n) is 10.7. The maximum atomic E-state index is 11.2. The minimum atomic E-state index is -0.804. The third-order valence-electron chi connectivity index (χ3n) is 2.98. The molecule has 3 rings (SSSR count). The van der Waals surface area contributed by atoms with Crippen LogP contribution in [0.15, 0.2) is 42.6 Å². The second kappa shape index (κ2) is 5.46. The first kappa shape index (κ1) is 13.5. The summed E-state index contributed by atoms with van der Waals surface area (Å²) in [5.74, 6) is -0.804. The van der Waals surface area contributed by atoms with Gasteiger partial charge in [-0.15, -0.1) is 11.3 Å². The fourth-order valence-corrected chi connectivity index (χ4v) is 3.06. The van der Waals surface area contributed by atoms with Crippen molar-refractivity contribution in [3.8, 4) is 6.07 Å². The van der Waals surface area contributed by atoms with Gasteiger partial charge in [-0.05, 0) is 24.3 Å². The number of hydrogen-bond acceptors (Lipinski definition) is 7. The van der Waals surface area contributed by atoms with Crippen LogP contribution in [0.25, 0.3) is 10.2 Å². The Kier molecular flexibility index (Phi) is 3.50. The molecule has 0 aliphatic rings. The Hall–Kier alpha value is -2.53. The number of anilines is 1. The van der Waals surface area contributed by atoms with Gasteiger partial charge in [0.1, 0.15) is 10.9 Å². The molecule has 7 heteroatoms. The molecule has 1 N–H and O–H groups in total. The van der Waals surface area contributed by atoms with E-state index in [2.05, 4.69) is 16.0 Å². The summed E-state index contributed by atoms with van der Waals surface area (Å²) in [5, 5.41) is 30.0. The summed E-state index contributed by atoms with van der Waals surface area (Å²) in [5.41, 5.74) is 0.929. The second-order valence-corrected chi connectivity index (χ2v) is 5.32. The predicted octanol–water partition coefficient (Wildman–Crippen LogP) is 3.04. The highest BCUT2D eigenvalue weighted by atomic mass is 32.1. The molecule has 2 aromatic heterocycles. The van der Waals surface area contributed by atoms with Gasteiger partial charge in [0, 0.05) is 6.20 Å². The molecule has 0 fully saturated rings. The Morgan fingerprint density at radius 2 is 2.10 bits per heavy atom. The van der Waals surface area contributed by atoms with Crippen LogP contribution in [0.2, 0.25) is 0 Å². The molecule has 0 aliphatic carbocycles. The standard InChI is InChI=1S/C14H9N4O2S/c15-8-9(13-11(18(19)20)5-3-7-16-13)14-17-10-4-1-2-6-12(10)21-14/h1-7,9,19H/q-1/t9-/m0/s1. The van der Waals surface area contributed by atoms with Gasteiger partial charge in [0.05, 0.1) is 27.7 Å². The molecule has 0 spiro atoms. The van der Waals surface area contributed by atoms with E-state index in [9.17, 15) is 10.5 Å². The van der Waals surface area contributed by atoms with Crippen molar-refractivity contribution < 1.29 is 5.21 Å². The largest absolute Gasteiger partial charge is 0.733 e. The van der Waals surface area contributed by atoms with E-state index in [1.807, 2.05) is 24.3 Å². The van der Waals surface area contributed by atoms with E-state index in [0.29, 0.717) is 5.01 Å². The lowest BCUT2D eigenvalue weighted by atomic mass is 10.1. The molecule has 0 aliphatic heterocycles. The third kappa shape index (κ3) is 2.43. The number of nitriles is 1. The van der Waals surface area contributed by atoms with Crippen LogP contribution in [0.3, 0.4) is 0 Å². The van der Waals surface area contributed by atoms with Crippen molar-refractivity contribution in [2.75, 3.05) is 5.23 Å². The maximum absolute atomic E-state index is 11.2. The average molecular weight is 297 g/mol. The van der Waals surface area contributed by atoms with Crippen LogP contribution < -0.4 is 5.23 Å². The number of benzene rings is 1. The van der Waals surface area contributed by atoms with Crippen LogP contribution in [-0.2, 0) is 0 Å². The summed E-state index contributed by atoms with van der Waals surface area (Å²) >= 11 is 1.37. The van der Waals surface area contributed by atoms with Crippen LogP contribution in [0.5, 0.6) is 0 Å². The Bertz CT molecular complexity index is 792. The molecule has 3 aromatic rings. The van der Waals surface area contributed by atoms with Gasteiger partial charge in [-0.25, -0.2) is 4.98 Å². The van der Waals surface area contributed by atoms with Crippen LogP contribution in [-0.4, -0.2) is 15.2 Å². The van der Waals surface area contributed by atoms with E-state index in [4.69, 9.17) is 5.21 Å². The molecule has 0 unspecified atom stereocenters. The molecule has 21 heavy (non-hydrogen) atoms.